The van der Waals surface area contributed by atoms with Gasteiger partial charge in [-0.25, -0.2) is 0 Å². The van der Waals surface area contributed by atoms with Crippen molar-refractivity contribution in [3.63, 3.8) is 0 Å². The highest BCUT2D eigenvalue weighted by Gasteiger charge is 2.29. The van der Waals surface area contributed by atoms with Crippen LogP contribution in [0.2, 0.25) is 0 Å². The summed E-state index contributed by atoms with van der Waals surface area (Å²) in [5.74, 6) is 0.193. The second-order valence-corrected chi connectivity index (χ2v) is 9.74. The lowest BCUT2D eigenvalue weighted by Crippen LogP contribution is -2.46. The lowest BCUT2D eigenvalue weighted by molar-refractivity contribution is -0.126. The molecule has 4 rings (SSSR count). The Morgan fingerprint density at radius 3 is 2.44 bits per heavy atom. The molecule has 3 amide bonds. The highest BCUT2D eigenvalue weighted by atomic mass is 16.2. The molecule has 2 aromatic rings. The Kier molecular flexibility index (Phi) is 7.99. The van der Waals surface area contributed by atoms with E-state index in [0.717, 1.165) is 24.9 Å². The van der Waals surface area contributed by atoms with E-state index in [1.807, 2.05) is 19.1 Å². The van der Waals surface area contributed by atoms with Gasteiger partial charge >= 0.3 is 0 Å². The van der Waals surface area contributed by atoms with Gasteiger partial charge in [-0.2, -0.15) is 0 Å². The van der Waals surface area contributed by atoms with E-state index in [1.54, 1.807) is 41.3 Å². The molecule has 34 heavy (non-hydrogen) atoms. The maximum absolute atomic E-state index is 13.2. The minimum absolute atomic E-state index is 0.0715. The number of anilines is 1. The molecule has 180 valence electrons. The summed E-state index contributed by atoms with van der Waals surface area (Å²) in [7, 11) is 0. The minimum atomic E-state index is -0.211. The fourth-order valence-corrected chi connectivity index (χ4v) is 4.98. The van der Waals surface area contributed by atoms with Crippen LogP contribution in [0.4, 0.5) is 5.69 Å². The predicted molar refractivity (Wildman–Crippen MR) is 134 cm³/mol. The fourth-order valence-electron chi connectivity index (χ4n) is 4.98. The molecule has 2 aromatic carbocycles. The molecule has 1 unspecified atom stereocenters. The van der Waals surface area contributed by atoms with Gasteiger partial charge in [-0.05, 0) is 68.9 Å². The molecule has 1 saturated carbocycles. The molecule has 2 aliphatic rings. The molecular formula is C28H35N3O3. The van der Waals surface area contributed by atoms with Crippen LogP contribution in [0.25, 0.3) is 0 Å². The number of carbonyl (C=O) groups is 3. The average Bonchev–Trinajstić information content (AvgIpc) is 2.88. The van der Waals surface area contributed by atoms with Crippen LogP contribution in [0.15, 0.2) is 48.5 Å². The van der Waals surface area contributed by atoms with Crippen molar-refractivity contribution in [2.24, 2.45) is 11.8 Å². The molecule has 2 N–H and O–H groups in total. The third kappa shape index (κ3) is 6.25. The molecule has 6 nitrogen and oxygen atoms in total. The molecule has 2 fully saturated rings. The van der Waals surface area contributed by atoms with Gasteiger partial charge in [0.15, 0.2) is 0 Å². The fraction of sp³-hybridized carbons (Fsp3) is 0.464. The second kappa shape index (κ2) is 11.3. The van der Waals surface area contributed by atoms with Crippen LogP contribution < -0.4 is 10.6 Å². The first-order valence-corrected chi connectivity index (χ1v) is 12.5. The highest BCUT2D eigenvalue weighted by Crippen LogP contribution is 2.24. The quantitative estimate of drug-likeness (QED) is 0.649. The van der Waals surface area contributed by atoms with E-state index in [4.69, 9.17) is 0 Å². The van der Waals surface area contributed by atoms with Gasteiger partial charge in [-0.1, -0.05) is 43.0 Å². The zero-order valence-corrected chi connectivity index (χ0v) is 20.0. The Morgan fingerprint density at radius 2 is 1.68 bits per heavy atom. The van der Waals surface area contributed by atoms with E-state index in [-0.39, 0.29) is 23.6 Å². The predicted octanol–water partition coefficient (Wildman–Crippen LogP) is 4.80. The largest absolute Gasteiger partial charge is 0.356 e. The van der Waals surface area contributed by atoms with Gasteiger partial charge in [-0.3, -0.25) is 14.4 Å². The summed E-state index contributed by atoms with van der Waals surface area (Å²) in [6.45, 7) is 3.81. The summed E-state index contributed by atoms with van der Waals surface area (Å²) in [5.41, 5.74) is 2.76. The van der Waals surface area contributed by atoms with Crippen molar-refractivity contribution < 1.29 is 14.4 Å². The van der Waals surface area contributed by atoms with Gasteiger partial charge in [-0.15, -0.1) is 0 Å². The van der Waals surface area contributed by atoms with Gasteiger partial charge in [0.05, 0.1) is 5.92 Å². The molecule has 0 aromatic heterocycles. The smallest absolute Gasteiger partial charge is 0.255 e. The zero-order chi connectivity index (χ0) is 23.9. The molecule has 1 aliphatic carbocycles. The summed E-state index contributed by atoms with van der Waals surface area (Å²) in [5, 5.41) is 6.02. The SMILES string of the molecule is Cc1ccc(C(=O)Nc2cccc(C(=O)N3CCCC(C(=O)NCC4CCCCC4)C3)c2)cc1. The van der Waals surface area contributed by atoms with Crippen molar-refractivity contribution in [1.29, 1.82) is 0 Å². The van der Waals surface area contributed by atoms with Gasteiger partial charge in [0.2, 0.25) is 5.91 Å². The number of nitrogens with zero attached hydrogens (tertiary/aromatic N) is 1. The topological polar surface area (TPSA) is 78.5 Å². The molecule has 1 heterocycles. The maximum Gasteiger partial charge on any atom is 0.255 e. The third-order valence-electron chi connectivity index (χ3n) is 7.05. The Balaban J connectivity index is 1.34. The third-order valence-corrected chi connectivity index (χ3v) is 7.05. The summed E-state index contributed by atoms with van der Waals surface area (Å²) < 4.78 is 0. The van der Waals surface area contributed by atoms with Gasteiger partial charge in [0.25, 0.3) is 11.8 Å². The zero-order valence-electron chi connectivity index (χ0n) is 20.0. The van der Waals surface area contributed by atoms with Crippen LogP contribution in [0, 0.1) is 18.8 Å². The number of hydrogen-bond donors (Lipinski definition) is 2. The molecule has 1 atom stereocenters. The first-order valence-electron chi connectivity index (χ1n) is 12.5. The van der Waals surface area contributed by atoms with Crippen LogP contribution in [-0.2, 0) is 4.79 Å². The van der Waals surface area contributed by atoms with E-state index in [9.17, 15) is 14.4 Å². The minimum Gasteiger partial charge on any atom is -0.356 e. The average molecular weight is 462 g/mol. The van der Waals surface area contributed by atoms with Crippen molar-refractivity contribution in [3.05, 3.63) is 65.2 Å². The van der Waals surface area contributed by atoms with Crippen molar-refractivity contribution in [2.45, 2.75) is 51.9 Å². The van der Waals surface area contributed by atoms with Gasteiger partial charge in [0, 0.05) is 36.4 Å². The highest BCUT2D eigenvalue weighted by molar-refractivity contribution is 6.05. The molecule has 1 saturated heterocycles. The van der Waals surface area contributed by atoms with E-state index in [2.05, 4.69) is 10.6 Å². The number of piperidine rings is 1. The van der Waals surface area contributed by atoms with Crippen molar-refractivity contribution >= 4 is 23.4 Å². The van der Waals surface area contributed by atoms with Crippen LogP contribution in [0.1, 0.15) is 71.2 Å². The summed E-state index contributed by atoms with van der Waals surface area (Å²) in [4.78, 5) is 40.3. The molecule has 6 heteroatoms. The maximum atomic E-state index is 13.2. The Morgan fingerprint density at radius 1 is 0.912 bits per heavy atom. The lowest BCUT2D eigenvalue weighted by Gasteiger charge is -2.32. The van der Waals surface area contributed by atoms with Crippen LogP contribution in [0.3, 0.4) is 0 Å². The molecular weight excluding hydrogens is 426 g/mol. The Labute approximate surface area is 202 Å². The van der Waals surface area contributed by atoms with Gasteiger partial charge in [0.1, 0.15) is 0 Å². The lowest BCUT2D eigenvalue weighted by atomic mass is 9.89. The van der Waals surface area contributed by atoms with Crippen molar-refractivity contribution in [1.82, 2.24) is 10.2 Å². The van der Waals surface area contributed by atoms with Crippen LogP contribution in [0.5, 0.6) is 0 Å². The Bertz CT molecular complexity index is 1010. The number of likely N-dealkylation sites (tertiary alicyclic amines) is 1. The summed E-state index contributed by atoms with van der Waals surface area (Å²) in [6, 6.07) is 14.4. The summed E-state index contributed by atoms with van der Waals surface area (Å²) >= 11 is 0. The second-order valence-electron chi connectivity index (χ2n) is 9.74. The number of carbonyl (C=O) groups excluding carboxylic acids is 3. The summed E-state index contributed by atoms with van der Waals surface area (Å²) in [6.07, 6.45) is 7.86. The number of aryl methyl sites for hydroxylation is 1. The first kappa shape index (κ1) is 24.0. The van der Waals surface area contributed by atoms with Crippen molar-refractivity contribution in [2.75, 3.05) is 25.0 Å². The molecule has 0 bridgehead atoms. The first-order chi connectivity index (χ1) is 16.5. The number of nitrogens with one attached hydrogen (secondary N) is 2. The van der Waals surface area contributed by atoms with Crippen molar-refractivity contribution in [3.8, 4) is 0 Å². The number of amides is 3. The molecule has 0 spiro atoms. The number of rotatable bonds is 6. The number of hydrogen-bond acceptors (Lipinski definition) is 3. The van der Waals surface area contributed by atoms with E-state index in [1.165, 1.54) is 32.1 Å². The monoisotopic (exact) mass is 461 g/mol. The molecule has 1 aliphatic heterocycles. The molecule has 0 radical (unpaired) electrons. The number of benzene rings is 2. The van der Waals surface area contributed by atoms with E-state index < -0.39 is 0 Å². The van der Waals surface area contributed by atoms with Crippen LogP contribution in [-0.4, -0.2) is 42.3 Å². The van der Waals surface area contributed by atoms with Gasteiger partial charge < -0.3 is 15.5 Å². The standard InChI is InChI=1S/C28H35N3O3/c1-20-12-14-22(15-13-20)27(33)30-25-11-5-9-23(17-25)28(34)31-16-6-10-24(19-31)26(32)29-18-21-7-3-2-4-8-21/h5,9,11-15,17,21,24H,2-4,6-8,10,16,18-19H2,1H3,(H,29,32)(H,30,33). The van der Waals surface area contributed by atoms with Crippen LogP contribution >= 0.6 is 0 Å². The normalized spacial score (nSPS) is 18.9. The van der Waals surface area contributed by atoms with E-state index >= 15 is 0 Å². The van der Waals surface area contributed by atoms with E-state index in [0.29, 0.717) is 35.8 Å². The Hall–Kier alpha value is -3.15.